The molecule has 0 amide bonds. The number of aliphatic hydroxyl groups is 1. The fraction of sp³-hybridized carbons (Fsp3) is 0.750. The van der Waals surface area contributed by atoms with Gasteiger partial charge in [0.05, 0.1) is 11.3 Å². The molecule has 1 heterocycles. The highest BCUT2D eigenvalue weighted by molar-refractivity contribution is 5.03. The summed E-state index contributed by atoms with van der Waals surface area (Å²) >= 11 is 0. The van der Waals surface area contributed by atoms with Crippen molar-refractivity contribution in [2.24, 2.45) is 0 Å². The van der Waals surface area contributed by atoms with Gasteiger partial charge < -0.3 is 5.11 Å². The van der Waals surface area contributed by atoms with Crippen molar-refractivity contribution in [3.8, 4) is 0 Å². The molecule has 0 radical (unpaired) electrons. The molecule has 0 aliphatic heterocycles. The van der Waals surface area contributed by atoms with E-state index in [1.165, 1.54) is 0 Å². The van der Waals surface area contributed by atoms with Crippen LogP contribution in [0.1, 0.15) is 52.3 Å². The quantitative estimate of drug-likeness (QED) is 0.811. The summed E-state index contributed by atoms with van der Waals surface area (Å²) in [7, 11) is 0. The van der Waals surface area contributed by atoms with Gasteiger partial charge in [-0.05, 0) is 33.3 Å². The largest absolute Gasteiger partial charge is 0.390 e. The lowest BCUT2D eigenvalue weighted by Gasteiger charge is -2.21. The van der Waals surface area contributed by atoms with Crippen LogP contribution in [-0.2, 0) is 6.42 Å². The topological polar surface area (TPSA) is 38.0 Å². The monoisotopic (exact) mass is 210 g/mol. The maximum Gasteiger partial charge on any atom is 0.0675 e. The number of rotatable bonds is 5. The predicted octanol–water partition coefficient (Wildman–Crippen LogP) is 2.56. The molecule has 1 N–H and O–H groups in total. The van der Waals surface area contributed by atoms with Gasteiger partial charge in [0.2, 0.25) is 0 Å². The molecule has 0 spiro atoms. The average Bonchev–Trinajstić information content (AvgIpc) is 2.51. The molecule has 0 aliphatic rings. The van der Waals surface area contributed by atoms with Gasteiger partial charge in [0.1, 0.15) is 0 Å². The lowest BCUT2D eigenvalue weighted by atomic mass is 9.95. The van der Waals surface area contributed by atoms with E-state index in [1.807, 2.05) is 23.9 Å². The number of hydrogen-bond acceptors (Lipinski definition) is 2. The third-order valence-corrected chi connectivity index (χ3v) is 2.54. The zero-order chi connectivity index (χ0) is 11.5. The Labute approximate surface area is 92.1 Å². The second-order valence-electron chi connectivity index (χ2n) is 4.80. The molecule has 0 bridgehead atoms. The molecule has 0 fully saturated rings. The van der Waals surface area contributed by atoms with Crippen LogP contribution in [0.4, 0.5) is 0 Å². The second kappa shape index (κ2) is 4.79. The van der Waals surface area contributed by atoms with Crippen LogP contribution in [0.2, 0.25) is 0 Å². The normalized spacial score (nSPS) is 15.6. The summed E-state index contributed by atoms with van der Waals surface area (Å²) in [4.78, 5) is 0. The Morgan fingerprint density at radius 2 is 2.20 bits per heavy atom. The van der Waals surface area contributed by atoms with Gasteiger partial charge in [0.15, 0.2) is 0 Å². The first kappa shape index (κ1) is 12.2. The summed E-state index contributed by atoms with van der Waals surface area (Å²) in [5.41, 5.74) is 0.354. The van der Waals surface area contributed by atoms with Crippen LogP contribution < -0.4 is 0 Å². The Hall–Kier alpha value is -0.830. The van der Waals surface area contributed by atoms with Gasteiger partial charge in [0, 0.05) is 18.7 Å². The van der Waals surface area contributed by atoms with E-state index in [-0.39, 0.29) is 0 Å². The SMILES string of the molecule is CCCC(C)(O)Cc1ccn(C(C)C)n1. The molecule has 1 rings (SSSR count). The molecule has 3 heteroatoms. The summed E-state index contributed by atoms with van der Waals surface area (Å²) in [5, 5.41) is 14.5. The maximum absolute atomic E-state index is 10.1. The molecular formula is C12H22N2O. The van der Waals surface area contributed by atoms with E-state index in [4.69, 9.17) is 0 Å². The molecule has 0 aliphatic carbocycles. The minimum atomic E-state index is -0.620. The van der Waals surface area contributed by atoms with E-state index in [2.05, 4.69) is 25.9 Å². The summed E-state index contributed by atoms with van der Waals surface area (Å²) in [6.07, 6.45) is 4.43. The fourth-order valence-electron chi connectivity index (χ4n) is 1.78. The Morgan fingerprint density at radius 3 is 2.67 bits per heavy atom. The lowest BCUT2D eigenvalue weighted by Crippen LogP contribution is -2.27. The van der Waals surface area contributed by atoms with Crippen molar-refractivity contribution in [3.05, 3.63) is 18.0 Å². The molecule has 3 nitrogen and oxygen atoms in total. The highest BCUT2D eigenvalue weighted by Gasteiger charge is 2.21. The van der Waals surface area contributed by atoms with Crippen LogP contribution in [0.5, 0.6) is 0 Å². The van der Waals surface area contributed by atoms with Crippen molar-refractivity contribution in [2.75, 3.05) is 0 Å². The average molecular weight is 210 g/mol. The van der Waals surface area contributed by atoms with Crippen LogP contribution in [0, 0.1) is 0 Å². The van der Waals surface area contributed by atoms with E-state index >= 15 is 0 Å². The minimum absolute atomic E-state index is 0.384. The zero-order valence-electron chi connectivity index (χ0n) is 10.2. The van der Waals surface area contributed by atoms with Crippen LogP contribution >= 0.6 is 0 Å². The van der Waals surface area contributed by atoms with Crippen LogP contribution in [-0.4, -0.2) is 20.5 Å². The van der Waals surface area contributed by atoms with Gasteiger partial charge in [0.25, 0.3) is 0 Å². The van der Waals surface area contributed by atoms with Crippen molar-refractivity contribution in [3.63, 3.8) is 0 Å². The van der Waals surface area contributed by atoms with Crippen molar-refractivity contribution >= 4 is 0 Å². The summed E-state index contributed by atoms with van der Waals surface area (Å²) in [5.74, 6) is 0. The van der Waals surface area contributed by atoms with Crippen molar-refractivity contribution in [2.45, 2.75) is 58.6 Å². The van der Waals surface area contributed by atoms with Gasteiger partial charge >= 0.3 is 0 Å². The molecule has 1 unspecified atom stereocenters. The molecule has 1 atom stereocenters. The molecule has 0 aromatic carbocycles. The molecule has 86 valence electrons. The smallest absolute Gasteiger partial charge is 0.0675 e. The molecule has 0 saturated carbocycles. The number of nitrogens with zero attached hydrogens (tertiary/aromatic N) is 2. The fourth-order valence-corrected chi connectivity index (χ4v) is 1.78. The van der Waals surface area contributed by atoms with Gasteiger partial charge in [-0.25, -0.2) is 0 Å². The van der Waals surface area contributed by atoms with E-state index in [0.717, 1.165) is 18.5 Å². The van der Waals surface area contributed by atoms with Crippen molar-refractivity contribution in [1.29, 1.82) is 0 Å². The lowest BCUT2D eigenvalue weighted by molar-refractivity contribution is 0.0494. The third-order valence-electron chi connectivity index (χ3n) is 2.54. The summed E-state index contributed by atoms with van der Waals surface area (Å²) < 4.78 is 1.93. The van der Waals surface area contributed by atoms with E-state index < -0.39 is 5.60 Å². The number of hydrogen-bond donors (Lipinski definition) is 1. The molecule has 0 saturated heterocycles. The minimum Gasteiger partial charge on any atom is -0.390 e. The predicted molar refractivity (Wildman–Crippen MR) is 61.8 cm³/mol. The highest BCUT2D eigenvalue weighted by Crippen LogP contribution is 2.18. The van der Waals surface area contributed by atoms with Gasteiger partial charge in [-0.2, -0.15) is 5.10 Å². The first-order valence-electron chi connectivity index (χ1n) is 5.71. The summed E-state index contributed by atoms with van der Waals surface area (Å²) in [6, 6.07) is 2.37. The second-order valence-corrected chi connectivity index (χ2v) is 4.80. The Kier molecular flexibility index (Phi) is 3.91. The van der Waals surface area contributed by atoms with Crippen molar-refractivity contribution < 1.29 is 5.11 Å². The Balaban J connectivity index is 2.64. The van der Waals surface area contributed by atoms with Crippen LogP contribution in [0.25, 0.3) is 0 Å². The van der Waals surface area contributed by atoms with Crippen LogP contribution in [0.15, 0.2) is 12.3 Å². The maximum atomic E-state index is 10.1. The first-order chi connectivity index (χ1) is 6.94. The third kappa shape index (κ3) is 3.67. The molecule has 15 heavy (non-hydrogen) atoms. The highest BCUT2D eigenvalue weighted by atomic mass is 16.3. The Bertz CT molecular complexity index is 302. The van der Waals surface area contributed by atoms with Crippen LogP contribution in [0.3, 0.4) is 0 Å². The molecule has 1 aromatic rings. The van der Waals surface area contributed by atoms with Gasteiger partial charge in [-0.3, -0.25) is 4.68 Å². The first-order valence-corrected chi connectivity index (χ1v) is 5.71. The van der Waals surface area contributed by atoms with Gasteiger partial charge in [-0.1, -0.05) is 13.3 Å². The summed E-state index contributed by atoms with van der Waals surface area (Å²) in [6.45, 7) is 8.16. The van der Waals surface area contributed by atoms with Gasteiger partial charge in [-0.15, -0.1) is 0 Å². The zero-order valence-corrected chi connectivity index (χ0v) is 10.2. The Morgan fingerprint density at radius 1 is 1.53 bits per heavy atom. The van der Waals surface area contributed by atoms with E-state index in [0.29, 0.717) is 12.5 Å². The van der Waals surface area contributed by atoms with E-state index in [9.17, 15) is 5.11 Å². The molecule has 1 aromatic heterocycles. The van der Waals surface area contributed by atoms with E-state index in [1.54, 1.807) is 0 Å². The molecular weight excluding hydrogens is 188 g/mol. The number of aromatic nitrogens is 2. The standard InChI is InChI=1S/C12H22N2O/c1-5-7-12(4,15)9-11-6-8-14(13-11)10(2)3/h6,8,10,15H,5,7,9H2,1-4H3. The van der Waals surface area contributed by atoms with Crippen molar-refractivity contribution in [1.82, 2.24) is 9.78 Å².